The van der Waals surface area contributed by atoms with Crippen molar-refractivity contribution in [2.24, 2.45) is 0 Å². The Balaban J connectivity index is 2.00. The Bertz CT molecular complexity index is 440. The van der Waals surface area contributed by atoms with Gasteiger partial charge in [0, 0.05) is 50.9 Å². The first-order valence-corrected chi connectivity index (χ1v) is 7.91. The van der Waals surface area contributed by atoms with Gasteiger partial charge in [0.1, 0.15) is 5.75 Å². The van der Waals surface area contributed by atoms with Gasteiger partial charge in [-0.3, -0.25) is 9.80 Å². The quantitative estimate of drug-likeness (QED) is 0.867. The highest BCUT2D eigenvalue weighted by Gasteiger charge is 2.19. The largest absolute Gasteiger partial charge is 0.496 e. The van der Waals surface area contributed by atoms with Crippen molar-refractivity contribution in [3.05, 3.63) is 29.3 Å². The number of ether oxygens (including phenoxy) is 1. The second-order valence-corrected chi connectivity index (χ2v) is 6.08. The molecule has 0 saturated carbocycles. The van der Waals surface area contributed by atoms with Crippen molar-refractivity contribution >= 4 is 0 Å². The topological polar surface area (TPSA) is 27.7 Å². The van der Waals surface area contributed by atoms with E-state index in [1.807, 2.05) is 7.05 Å². The van der Waals surface area contributed by atoms with Gasteiger partial charge in [0.2, 0.25) is 0 Å². The third-order valence-electron chi connectivity index (χ3n) is 4.26. The van der Waals surface area contributed by atoms with Gasteiger partial charge in [0.05, 0.1) is 7.11 Å². The molecule has 1 N–H and O–H groups in total. The Morgan fingerprint density at radius 2 is 1.90 bits per heavy atom. The lowest BCUT2D eigenvalue weighted by Crippen LogP contribution is -2.48. The number of benzene rings is 1. The van der Waals surface area contributed by atoms with Crippen LogP contribution in [0.15, 0.2) is 18.2 Å². The van der Waals surface area contributed by atoms with Gasteiger partial charge in [-0.2, -0.15) is 0 Å². The van der Waals surface area contributed by atoms with Crippen LogP contribution < -0.4 is 10.1 Å². The number of methoxy groups -OCH3 is 1. The molecule has 0 aliphatic carbocycles. The van der Waals surface area contributed by atoms with E-state index in [1.165, 1.54) is 11.1 Å². The SMILES string of the molecule is CNCc1ccc(OC)c(CN2CCN(C(C)C)CC2)c1. The van der Waals surface area contributed by atoms with E-state index in [1.54, 1.807) is 7.11 Å². The lowest BCUT2D eigenvalue weighted by Gasteiger charge is -2.37. The molecule has 0 spiro atoms. The van der Waals surface area contributed by atoms with Gasteiger partial charge in [-0.1, -0.05) is 6.07 Å². The van der Waals surface area contributed by atoms with Crippen LogP contribution in [0.3, 0.4) is 0 Å². The molecule has 0 atom stereocenters. The van der Waals surface area contributed by atoms with E-state index in [0.29, 0.717) is 6.04 Å². The Kier molecular flexibility index (Phi) is 6.03. The first-order chi connectivity index (χ1) is 10.1. The number of hydrogen-bond donors (Lipinski definition) is 1. The molecule has 0 radical (unpaired) electrons. The fourth-order valence-corrected chi connectivity index (χ4v) is 2.95. The molecule has 4 heteroatoms. The van der Waals surface area contributed by atoms with Gasteiger partial charge in [0.25, 0.3) is 0 Å². The minimum Gasteiger partial charge on any atom is -0.496 e. The fourth-order valence-electron chi connectivity index (χ4n) is 2.95. The predicted molar refractivity (Wildman–Crippen MR) is 87.7 cm³/mol. The maximum absolute atomic E-state index is 5.52. The van der Waals surface area contributed by atoms with Crippen LogP contribution in [0.1, 0.15) is 25.0 Å². The summed E-state index contributed by atoms with van der Waals surface area (Å²) < 4.78 is 5.52. The zero-order chi connectivity index (χ0) is 15.2. The standard InChI is InChI=1S/C17H29N3O/c1-14(2)20-9-7-19(8-10-20)13-16-11-15(12-18-3)5-6-17(16)21-4/h5-6,11,14,18H,7-10,12-13H2,1-4H3. The minimum absolute atomic E-state index is 0.653. The van der Waals surface area contributed by atoms with Crippen molar-refractivity contribution in [1.29, 1.82) is 0 Å². The Morgan fingerprint density at radius 1 is 1.19 bits per heavy atom. The summed E-state index contributed by atoms with van der Waals surface area (Å²) in [5, 5.41) is 3.21. The van der Waals surface area contributed by atoms with Gasteiger partial charge in [-0.05, 0) is 38.6 Å². The molecule has 0 unspecified atom stereocenters. The molecule has 4 nitrogen and oxygen atoms in total. The molecule has 21 heavy (non-hydrogen) atoms. The molecule has 0 aromatic heterocycles. The van der Waals surface area contributed by atoms with E-state index in [2.05, 4.69) is 47.2 Å². The summed E-state index contributed by atoms with van der Waals surface area (Å²) in [7, 11) is 3.74. The zero-order valence-corrected chi connectivity index (χ0v) is 13.9. The zero-order valence-electron chi connectivity index (χ0n) is 13.9. The summed E-state index contributed by atoms with van der Waals surface area (Å²) in [4.78, 5) is 5.07. The summed E-state index contributed by atoms with van der Waals surface area (Å²) in [6.07, 6.45) is 0. The molecule has 0 amide bonds. The average molecular weight is 291 g/mol. The molecule has 2 rings (SSSR count). The molecule has 1 aromatic rings. The van der Waals surface area contributed by atoms with Gasteiger partial charge in [0.15, 0.2) is 0 Å². The van der Waals surface area contributed by atoms with Crippen molar-refractivity contribution in [3.8, 4) is 5.75 Å². The summed E-state index contributed by atoms with van der Waals surface area (Å²) in [6.45, 7) is 11.0. The summed E-state index contributed by atoms with van der Waals surface area (Å²) in [5.74, 6) is 1.00. The number of hydrogen-bond acceptors (Lipinski definition) is 4. The van der Waals surface area contributed by atoms with Crippen LogP contribution in [0.5, 0.6) is 5.75 Å². The maximum atomic E-state index is 5.52. The molecule has 1 aliphatic rings. The molecule has 1 fully saturated rings. The minimum atomic E-state index is 0.653. The molecule has 1 saturated heterocycles. The molecule has 1 aromatic carbocycles. The highest BCUT2D eigenvalue weighted by atomic mass is 16.5. The van der Waals surface area contributed by atoms with Gasteiger partial charge in [-0.15, -0.1) is 0 Å². The third-order valence-corrected chi connectivity index (χ3v) is 4.26. The van der Waals surface area contributed by atoms with E-state index in [0.717, 1.165) is 45.0 Å². The van der Waals surface area contributed by atoms with Crippen LogP contribution in [-0.4, -0.2) is 56.2 Å². The van der Waals surface area contributed by atoms with Gasteiger partial charge in [-0.25, -0.2) is 0 Å². The molecule has 1 heterocycles. The van der Waals surface area contributed by atoms with Crippen LogP contribution in [0.4, 0.5) is 0 Å². The van der Waals surface area contributed by atoms with E-state index in [4.69, 9.17) is 4.74 Å². The smallest absolute Gasteiger partial charge is 0.123 e. The average Bonchev–Trinajstić information content (AvgIpc) is 2.48. The van der Waals surface area contributed by atoms with E-state index in [9.17, 15) is 0 Å². The normalized spacial score (nSPS) is 17.4. The van der Waals surface area contributed by atoms with Crippen LogP contribution >= 0.6 is 0 Å². The maximum Gasteiger partial charge on any atom is 0.123 e. The first-order valence-electron chi connectivity index (χ1n) is 7.91. The number of rotatable bonds is 6. The molecule has 1 aliphatic heterocycles. The molecular weight excluding hydrogens is 262 g/mol. The summed E-state index contributed by atoms with van der Waals surface area (Å²) in [5.41, 5.74) is 2.61. The lowest BCUT2D eigenvalue weighted by molar-refractivity contribution is 0.103. The van der Waals surface area contributed by atoms with Crippen molar-refractivity contribution in [1.82, 2.24) is 15.1 Å². The Morgan fingerprint density at radius 3 is 2.48 bits per heavy atom. The van der Waals surface area contributed by atoms with Crippen LogP contribution in [0, 0.1) is 0 Å². The van der Waals surface area contributed by atoms with Gasteiger partial charge >= 0.3 is 0 Å². The Hall–Kier alpha value is -1.10. The van der Waals surface area contributed by atoms with Crippen molar-refractivity contribution < 1.29 is 4.74 Å². The van der Waals surface area contributed by atoms with Gasteiger partial charge < -0.3 is 10.1 Å². The van der Waals surface area contributed by atoms with E-state index in [-0.39, 0.29) is 0 Å². The van der Waals surface area contributed by atoms with Crippen molar-refractivity contribution in [2.45, 2.75) is 33.0 Å². The van der Waals surface area contributed by atoms with Crippen LogP contribution in [0.25, 0.3) is 0 Å². The first kappa shape index (κ1) is 16.3. The molecular formula is C17H29N3O. The van der Waals surface area contributed by atoms with Crippen molar-refractivity contribution in [3.63, 3.8) is 0 Å². The molecule has 118 valence electrons. The second-order valence-electron chi connectivity index (χ2n) is 6.08. The number of nitrogens with zero attached hydrogens (tertiary/aromatic N) is 2. The van der Waals surface area contributed by atoms with Crippen molar-refractivity contribution in [2.75, 3.05) is 40.3 Å². The number of piperazine rings is 1. The summed E-state index contributed by atoms with van der Waals surface area (Å²) in [6, 6.07) is 7.15. The van der Waals surface area contributed by atoms with Crippen LogP contribution in [0.2, 0.25) is 0 Å². The highest BCUT2D eigenvalue weighted by Crippen LogP contribution is 2.22. The van der Waals surface area contributed by atoms with E-state index >= 15 is 0 Å². The molecule has 0 bridgehead atoms. The van der Waals surface area contributed by atoms with E-state index < -0.39 is 0 Å². The Labute approximate surface area is 129 Å². The lowest BCUT2D eigenvalue weighted by atomic mass is 10.1. The number of nitrogens with one attached hydrogen (secondary N) is 1. The second kappa shape index (κ2) is 7.78. The van der Waals surface area contributed by atoms with Crippen LogP contribution in [-0.2, 0) is 13.1 Å². The highest BCUT2D eigenvalue weighted by molar-refractivity contribution is 5.37. The summed E-state index contributed by atoms with van der Waals surface area (Å²) >= 11 is 0. The monoisotopic (exact) mass is 291 g/mol. The fraction of sp³-hybridized carbons (Fsp3) is 0.647. The third kappa shape index (κ3) is 4.43. The predicted octanol–water partition coefficient (Wildman–Crippen LogP) is 1.94.